The summed E-state index contributed by atoms with van der Waals surface area (Å²) in [5.41, 5.74) is 0.664. The Hall–Kier alpha value is -1.55. The van der Waals surface area contributed by atoms with Crippen molar-refractivity contribution in [3.8, 4) is 0 Å². The van der Waals surface area contributed by atoms with E-state index in [4.69, 9.17) is 11.6 Å². The average molecular weight is 211 g/mol. The molecule has 2 rings (SSSR count). The highest BCUT2D eigenvalue weighted by Crippen LogP contribution is 2.13. The molecule has 0 aliphatic rings. The zero-order valence-electron chi connectivity index (χ0n) is 7.13. The molecule has 0 fully saturated rings. The Morgan fingerprint density at radius 2 is 1.86 bits per heavy atom. The zero-order valence-corrected chi connectivity index (χ0v) is 7.89. The largest absolute Gasteiger partial charge is 0.316 e. The number of hydrogen-bond acceptors (Lipinski definition) is 2. The number of para-hydroxylation sites is 1. The van der Waals surface area contributed by atoms with E-state index < -0.39 is 11.1 Å². The molecule has 14 heavy (non-hydrogen) atoms. The third-order valence-electron chi connectivity index (χ3n) is 1.99. The molecule has 0 saturated heterocycles. The van der Waals surface area contributed by atoms with Gasteiger partial charge in [-0.25, -0.2) is 0 Å². The fourth-order valence-corrected chi connectivity index (χ4v) is 1.54. The van der Waals surface area contributed by atoms with Crippen LogP contribution in [0.25, 0.3) is 11.0 Å². The number of alkyl halides is 1. The summed E-state index contributed by atoms with van der Waals surface area (Å²) in [7, 11) is 0. The van der Waals surface area contributed by atoms with Gasteiger partial charge in [0, 0.05) is 5.88 Å². The first kappa shape index (κ1) is 9.02. The molecule has 2 aromatic rings. The molecule has 4 nitrogen and oxygen atoms in total. The molecule has 1 aromatic carbocycles. The standard InChI is InChI=1S/C9H7ClN2O2/c10-4-5-2-1-3-6-7(5)12-9(14)8(13)11-6/h1-3H,4H2,(H,11,13)(H,12,14). The van der Waals surface area contributed by atoms with Crippen molar-refractivity contribution in [1.82, 2.24) is 9.97 Å². The molecule has 2 N–H and O–H groups in total. The first-order chi connectivity index (χ1) is 6.72. The highest BCUT2D eigenvalue weighted by molar-refractivity contribution is 6.17. The van der Waals surface area contributed by atoms with E-state index in [0.717, 1.165) is 5.56 Å². The third kappa shape index (κ3) is 1.33. The first-order valence-electron chi connectivity index (χ1n) is 4.02. The molecule has 0 unspecified atom stereocenters. The van der Waals surface area contributed by atoms with Gasteiger partial charge >= 0.3 is 11.1 Å². The summed E-state index contributed by atoms with van der Waals surface area (Å²) in [6, 6.07) is 5.28. The third-order valence-corrected chi connectivity index (χ3v) is 2.28. The van der Waals surface area contributed by atoms with E-state index >= 15 is 0 Å². The van der Waals surface area contributed by atoms with Crippen molar-refractivity contribution in [2.24, 2.45) is 0 Å². The van der Waals surface area contributed by atoms with Gasteiger partial charge in [0.1, 0.15) is 0 Å². The van der Waals surface area contributed by atoms with Gasteiger partial charge in [-0.3, -0.25) is 9.59 Å². The van der Waals surface area contributed by atoms with Gasteiger partial charge in [0.05, 0.1) is 11.0 Å². The smallest absolute Gasteiger partial charge is 0.314 e. The van der Waals surface area contributed by atoms with Crippen LogP contribution in [0.3, 0.4) is 0 Å². The minimum absolute atomic E-state index is 0.291. The maximum atomic E-state index is 11.1. The van der Waals surface area contributed by atoms with Gasteiger partial charge in [-0.05, 0) is 11.6 Å². The van der Waals surface area contributed by atoms with Gasteiger partial charge in [-0.15, -0.1) is 11.6 Å². The van der Waals surface area contributed by atoms with Gasteiger partial charge in [-0.2, -0.15) is 0 Å². The van der Waals surface area contributed by atoms with Crippen LogP contribution in [0.2, 0.25) is 0 Å². The number of benzene rings is 1. The van der Waals surface area contributed by atoms with E-state index in [1.807, 2.05) is 0 Å². The number of aromatic amines is 2. The lowest BCUT2D eigenvalue weighted by molar-refractivity contribution is 1.14. The number of aromatic nitrogens is 2. The van der Waals surface area contributed by atoms with Crippen LogP contribution in [-0.2, 0) is 5.88 Å². The van der Waals surface area contributed by atoms with E-state index in [0.29, 0.717) is 16.9 Å². The number of H-pyrrole nitrogens is 2. The number of nitrogens with one attached hydrogen (secondary N) is 2. The van der Waals surface area contributed by atoms with E-state index in [-0.39, 0.29) is 0 Å². The van der Waals surface area contributed by atoms with Crippen LogP contribution in [0.15, 0.2) is 27.8 Å². The lowest BCUT2D eigenvalue weighted by atomic mass is 10.2. The topological polar surface area (TPSA) is 65.7 Å². The lowest BCUT2D eigenvalue weighted by Gasteiger charge is -2.01. The van der Waals surface area contributed by atoms with Gasteiger partial charge in [0.2, 0.25) is 0 Å². The summed E-state index contributed by atoms with van der Waals surface area (Å²) in [6.07, 6.45) is 0. The Balaban J connectivity index is 2.95. The Bertz CT molecular complexity index is 585. The van der Waals surface area contributed by atoms with Crippen LogP contribution in [-0.4, -0.2) is 9.97 Å². The molecule has 72 valence electrons. The van der Waals surface area contributed by atoms with Crippen LogP contribution >= 0.6 is 11.6 Å². The number of hydrogen-bond donors (Lipinski definition) is 2. The maximum Gasteiger partial charge on any atom is 0.314 e. The van der Waals surface area contributed by atoms with Crippen LogP contribution in [0, 0.1) is 0 Å². The van der Waals surface area contributed by atoms with Gasteiger partial charge in [0.15, 0.2) is 0 Å². The molecule has 0 radical (unpaired) electrons. The van der Waals surface area contributed by atoms with Crippen LogP contribution in [0.4, 0.5) is 0 Å². The summed E-state index contributed by atoms with van der Waals surface area (Å²) >= 11 is 5.68. The molecule has 1 heterocycles. The molecule has 0 saturated carbocycles. The van der Waals surface area contributed by atoms with Gasteiger partial charge < -0.3 is 9.97 Å². The van der Waals surface area contributed by atoms with E-state index in [1.54, 1.807) is 18.2 Å². The molecule has 0 spiro atoms. The van der Waals surface area contributed by atoms with E-state index in [9.17, 15) is 9.59 Å². The molecule has 5 heteroatoms. The summed E-state index contributed by atoms with van der Waals surface area (Å²) < 4.78 is 0. The normalized spacial score (nSPS) is 10.6. The van der Waals surface area contributed by atoms with Gasteiger partial charge in [-0.1, -0.05) is 12.1 Å². The van der Waals surface area contributed by atoms with Crippen LogP contribution in [0.5, 0.6) is 0 Å². The molecular formula is C9H7ClN2O2. The fraction of sp³-hybridized carbons (Fsp3) is 0.111. The Labute approximate surface area is 83.5 Å². The van der Waals surface area contributed by atoms with Crippen molar-refractivity contribution in [1.29, 1.82) is 0 Å². The quantitative estimate of drug-likeness (QED) is 0.544. The molecular weight excluding hydrogens is 204 g/mol. The number of rotatable bonds is 1. The minimum atomic E-state index is -0.657. The second-order valence-electron chi connectivity index (χ2n) is 2.88. The summed E-state index contributed by atoms with van der Waals surface area (Å²) in [4.78, 5) is 27.0. The molecule has 0 bridgehead atoms. The van der Waals surface area contributed by atoms with Crippen molar-refractivity contribution in [3.63, 3.8) is 0 Å². The monoisotopic (exact) mass is 210 g/mol. The molecule has 0 aliphatic heterocycles. The highest BCUT2D eigenvalue weighted by atomic mass is 35.5. The Kier molecular flexibility index (Phi) is 2.13. The SMILES string of the molecule is O=c1[nH]c2cccc(CCl)c2[nH]c1=O. The summed E-state index contributed by atoms with van der Waals surface area (Å²) in [5.74, 6) is 0.291. The zero-order chi connectivity index (χ0) is 10.1. The Morgan fingerprint density at radius 3 is 2.57 bits per heavy atom. The van der Waals surface area contributed by atoms with Crippen LogP contribution < -0.4 is 11.1 Å². The predicted octanol–water partition coefficient (Wildman–Crippen LogP) is 0.955. The maximum absolute atomic E-state index is 11.1. The second kappa shape index (κ2) is 3.31. The minimum Gasteiger partial charge on any atom is -0.316 e. The second-order valence-corrected chi connectivity index (χ2v) is 3.15. The lowest BCUT2D eigenvalue weighted by Crippen LogP contribution is -2.29. The highest BCUT2D eigenvalue weighted by Gasteiger charge is 2.02. The molecule has 0 amide bonds. The van der Waals surface area contributed by atoms with Crippen molar-refractivity contribution in [2.75, 3.05) is 0 Å². The molecule has 0 atom stereocenters. The average Bonchev–Trinajstić information content (AvgIpc) is 2.19. The molecule has 0 aliphatic carbocycles. The van der Waals surface area contributed by atoms with Crippen molar-refractivity contribution < 1.29 is 0 Å². The molecule has 1 aromatic heterocycles. The van der Waals surface area contributed by atoms with Gasteiger partial charge in [0.25, 0.3) is 0 Å². The summed E-state index contributed by atoms with van der Waals surface area (Å²) in [5, 5.41) is 0. The van der Waals surface area contributed by atoms with Crippen molar-refractivity contribution >= 4 is 22.6 Å². The Morgan fingerprint density at radius 1 is 1.14 bits per heavy atom. The first-order valence-corrected chi connectivity index (χ1v) is 4.56. The number of halogens is 1. The van der Waals surface area contributed by atoms with Crippen molar-refractivity contribution in [2.45, 2.75) is 5.88 Å². The van der Waals surface area contributed by atoms with Crippen molar-refractivity contribution in [3.05, 3.63) is 44.5 Å². The number of fused-ring (bicyclic) bond motifs is 1. The fourth-order valence-electron chi connectivity index (χ4n) is 1.31. The van der Waals surface area contributed by atoms with Crippen LogP contribution in [0.1, 0.15) is 5.56 Å². The van der Waals surface area contributed by atoms with E-state index in [2.05, 4.69) is 9.97 Å². The predicted molar refractivity (Wildman–Crippen MR) is 54.7 cm³/mol. The summed E-state index contributed by atoms with van der Waals surface area (Å²) in [6.45, 7) is 0. The van der Waals surface area contributed by atoms with E-state index in [1.165, 1.54) is 0 Å².